The Kier molecular flexibility index (Phi) is 6.21. The van der Waals surface area contributed by atoms with Crippen molar-refractivity contribution in [1.82, 2.24) is 15.1 Å². The van der Waals surface area contributed by atoms with E-state index in [1.54, 1.807) is 0 Å². The number of carbonyl (C=O) groups is 1. The smallest absolute Gasteiger partial charge is 0.141 e. The maximum absolute atomic E-state index is 12.1. The molecule has 0 saturated carbocycles. The molecule has 0 bridgehead atoms. The molecule has 0 atom stereocenters. The van der Waals surface area contributed by atoms with Crippen molar-refractivity contribution in [2.75, 3.05) is 19.7 Å². The number of ether oxygens (including phenoxy) is 1. The fraction of sp³-hybridized carbons (Fsp3) is 0.733. The van der Waals surface area contributed by atoms with Gasteiger partial charge in [-0.05, 0) is 39.8 Å². The van der Waals surface area contributed by atoms with Crippen molar-refractivity contribution in [2.45, 2.75) is 52.2 Å². The Hall–Kier alpha value is -0.910. The van der Waals surface area contributed by atoms with E-state index in [4.69, 9.17) is 16.3 Å². The van der Waals surface area contributed by atoms with E-state index in [-0.39, 0.29) is 5.78 Å². The van der Waals surface area contributed by atoms with E-state index in [2.05, 4.69) is 10.4 Å². The standard InChI is InChI=1S/C15H24ClN3O2/c1-3-19-14(15(16)11(2)18-19)10-12(20)6-9-21-13-4-7-17-8-5-13/h13,17H,3-10H2,1-2H3. The summed E-state index contributed by atoms with van der Waals surface area (Å²) in [5, 5.41) is 8.24. The Morgan fingerprint density at radius 2 is 2.19 bits per heavy atom. The van der Waals surface area contributed by atoms with Crippen LogP contribution >= 0.6 is 11.6 Å². The number of hydrogen-bond donors (Lipinski definition) is 1. The second-order valence-corrected chi connectivity index (χ2v) is 5.83. The highest BCUT2D eigenvalue weighted by atomic mass is 35.5. The minimum absolute atomic E-state index is 0.153. The third-order valence-electron chi connectivity index (χ3n) is 3.84. The van der Waals surface area contributed by atoms with Gasteiger partial charge in [-0.2, -0.15) is 5.10 Å². The molecule has 1 fully saturated rings. The molecule has 0 spiro atoms. The molecule has 0 aliphatic carbocycles. The van der Waals surface area contributed by atoms with Gasteiger partial charge in [-0.1, -0.05) is 11.6 Å². The predicted molar refractivity (Wildman–Crippen MR) is 82.8 cm³/mol. The van der Waals surface area contributed by atoms with E-state index in [9.17, 15) is 4.79 Å². The molecule has 6 heteroatoms. The highest BCUT2D eigenvalue weighted by molar-refractivity contribution is 6.32. The lowest BCUT2D eigenvalue weighted by atomic mass is 10.1. The van der Waals surface area contributed by atoms with Gasteiger partial charge in [0.25, 0.3) is 0 Å². The zero-order valence-corrected chi connectivity index (χ0v) is 13.6. The van der Waals surface area contributed by atoms with Gasteiger partial charge in [0.15, 0.2) is 0 Å². The summed E-state index contributed by atoms with van der Waals surface area (Å²) in [7, 11) is 0. The number of Topliss-reactive ketones (excluding diaryl/α,β-unsaturated/α-hetero) is 1. The summed E-state index contributed by atoms with van der Waals surface area (Å²) in [6, 6.07) is 0. The van der Waals surface area contributed by atoms with E-state index in [0.717, 1.165) is 43.9 Å². The molecule has 1 aromatic heterocycles. The average Bonchev–Trinajstić information content (AvgIpc) is 2.76. The lowest BCUT2D eigenvalue weighted by Crippen LogP contribution is -2.32. The maximum atomic E-state index is 12.1. The lowest BCUT2D eigenvalue weighted by Gasteiger charge is -2.22. The Balaban J connectivity index is 1.79. The molecule has 1 aliphatic heterocycles. The monoisotopic (exact) mass is 313 g/mol. The van der Waals surface area contributed by atoms with Gasteiger partial charge in [0.1, 0.15) is 5.78 Å². The molecule has 2 heterocycles. The SMILES string of the molecule is CCn1nc(C)c(Cl)c1CC(=O)CCOC1CCNCC1. The first-order valence-corrected chi connectivity index (χ1v) is 8.05. The Bertz CT molecular complexity index is 482. The van der Waals surface area contributed by atoms with Crippen LogP contribution < -0.4 is 5.32 Å². The van der Waals surface area contributed by atoms with Crippen LogP contribution in [0.2, 0.25) is 5.02 Å². The summed E-state index contributed by atoms with van der Waals surface area (Å²) in [5.41, 5.74) is 1.61. The third kappa shape index (κ3) is 4.53. The van der Waals surface area contributed by atoms with Crippen LogP contribution in [0.4, 0.5) is 0 Å². The van der Waals surface area contributed by atoms with Crippen molar-refractivity contribution < 1.29 is 9.53 Å². The maximum Gasteiger partial charge on any atom is 0.141 e. The average molecular weight is 314 g/mol. The summed E-state index contributed by atoms with van der Waals surface area (Å²) >= 11 is 6.22. The number of aromatic nitrogens is 2. The molecule has 21 heavy (non-hydrogen) atoms. The highest BCUT2D eigenvalue weighted by Crippen LogP contribution is 2.21. The van der Waals surface area contributed by atoms with Crippen molar-refractivity contribution in [3.05, 3.63) is 16.4 Å². The van der Waals surface area contributed by atoms with Crippen LogP contribution in [0.3, 0.4) is 0 Å². The van der Waals surface area contributed by atoms with Gasteiger partial charge in [0.05, 0.1) is 29.1 Å². The van der Waals surface area contributed by atoms with E-state index < -0.39 is 0 Å². The first kappa shape index (κ1) is 16.5. The van der Waals surface area contributed by atoms with Crippen molar-refractivity contribution in [1.29, 1.82) is 0 Å². The number of carbonyl (C=O) groups excluding carboxylic acids is 1. The Morgan fingerprint density at radius 1 is 1.48 bits per heavy atom. The first-order chi connectivity index (χ1) is 10.1. The minimum Gasteiger partial charge on any atom is -0.378 e. The van der Waals surface area contributed by atoms with Crippen molar-refractivity contribution >= 4 is 17.4 Å². The van der Waals surface area contributed by atoms with Gasteiger partial charge < -0.3 is 10.1 Å². The fourth-order valence-corrected chi connectivity index (χ4v) is 2.82. The number of ketones is 1. The van der Waals surface area contributed by atoms with Crippen LogP contribution in [0.5, 0.6) is 0 Å². The predicted octanol–water partition coefficient (Wildman–Crippen LogP) is 2.14. The summed E-state index contributed by atoms with van der Waals surface area (Å²) in [6.45, 7) is 7.09. The van der Waals surface area contributed by atoms with Crippen molar-refractivity contribution in [3.63, 3.8) is 0 Å². The second-order valence-electron chi connectivity index (χ2n) is 5.45. The zero-order valence-electron chi connectivity index (χ0n) is 12.8. The van der Waals surface area contributed by atoms with E-state index in [1.807, 2.05) is 18.5 Å². The van der Waals surface area contributed by atoms with Crippen LogP contribution in [0.15, 0.2) is 0 Å². The number of hydrogen-bond acceptors (Lipinski definition) is 4. The molecule has 0 unspecified atom stereocenters. The number of piperidine rings is 1. The Labute approximate surface area is 131 Å². The van der Waals surface area contributed by atoms with E-state index in [0.29, 0.717) is 30.6 Å². The largest absolute Gasteiger partial charge is 0.378 e. The lowest BCUT2D eigenvalue weighted by molar-refractivity contribution is -0.120. The molecule has 0 amide bonds. The van der Waals surface area contributed by atoms with Crippen LogP contribution in [0.25, 0.3) is 0 Å². The normalized spacial score (nSPS) is 16.3. The van der Waals surface area contributed by atoms with Crippen LogP contribution in [0.1, 0.15) is 37.6 Å². The van der Waals surface area contributed by atoms with Crippen molar-refractivity contribution in [3.8, 4) is 0 Å². The number of nitrogens with zero attached hydrogens (tertiary/aromatic N) is 2. The highest BCUT2D eigenvalue weighted by Gasteiger charge is 2.17. The molecule has 0 radical (unpaired) electrons. The van der Waals surface area contributed by atoms with Gasteiger partial charge in [0.2, 0.25) is 0 Å². The van der Waals surface area contributed by atoms with E-state index >= 15 is 0 Å². The second kappa shape index (κ2) is 7.92. The quantitative estimate of drug-likeness (QED) is 0.838. The topological polar surface area (TPSA) is 56.2 Å². The van der Waals surface area contributed by atoms with Crippen LogP contribution in [-0.2, 0) is 22.5 Å². The number of halogens is 1. The molecular weight excluding hydrogens is 290 g/mol. The minimum atomic E-state index is 0.153. The van der Waals surface area contributed by atoms with Gasteiger partial charge in [0, 0.05) is 19.4 Å². The van der Waals surface area contributed by atoms with Crippen LogP contribution in [-0.4, -0.2) is 41.4 Å². The van der Waals surface area contributed by atoms with Gasteiger partial charge in [-0.15, -0.1) is 0 Å². The molecule has 5 nitrogen and oxygen atoms in total. The molecular formula is C15H24ClN3O2. The summed E-state index contributed by atoms with van der Waals surface area (Å²) < 4.78 is 7.58. The van der Waals surface area contributed by atoms with E-state index in [1.165, 1.54) is 0 Å². The third-order valence-corrected chi connectivity index (χ3v) is 4.33. The summed E-state index contributed by atoms with van der Waals surface area (Å²) in [6.07, 6.45) is 3.13. The first-order valence-electron chi connectivity index (χ1n) is 7.67. The summed E-state index contributed by atoms with van der Waals surface area (Å²) in [5.74, 6) is 0.153. The fourth-order valence-electron chi connectivity index (χ4n) is 2.61. The molecule has 118 valence electrons. The number of nitrogens with one attached hydrogen (secondary N) is 1. The molecule has 1 N–H and O–H groups in total. The molecule has 0 aromatic carbocycles. The zero-order chi connectivity index (χ0) is 15.2. The molecule has 1 saturated heterocycles. The number of rotatable bonds is 7. The van der Waals surface area contributed by atoms with Gasteiger partial charge >= 0.3 is 0 Å². The van der Waals surface area contributed by atoms with Gasteiger partial charge in [-0.25, -0.2) is 0 Å². The molecule has 1 aromatic rings. The van der Waals surface area contributed by atoms with Crippen LogP contribution in [0, 0.1) is 6.92 Å². The molecule has 1 aliphatic rings. The summed E-state index contributed by atoms with van der Waals surface area (Å²) in [4.78, 5) is 12.1. The van der Waals surface area contributed by atoms with Gasteiger partial charge in [-0.3, -0.25) is 9.48 Å². The Morgan fingerprint density at radius 3 is 2.86 bits per heavy atom. The number of aryl methyl sites for hydroxylation is 2. The molecule has 2 rings (SSSR count). The van der Waals surface area contributed by atoms with Crippen molar-refractivity contribution in [2.24, 2.45) is 0 Å².